The number of amides is 1. The molecule has 10 heteroatoms. The van der Waals surface area contributed by atoms with E-state index in [-0.39, 0.29) is 28.4 Å². The molecule has 0 aliphatic heterocycles. The average Bonchev–Trinajstić information content (AvgIpc) is 3.00. The maximum absolute atomic E-state index is 14.2. The average molecular weight is 583 g/mol. The molecule has 9 nitrogen and oxygen atoms in total. The number of aromatic nitrogens is 2. The van der Waals surface area contributed by atoms with E-state index >= 15 is 0 Å². The number of nitro benzene ring substituents is 1. The molecule has 212 valence electrons. The molecule has 0 aliphatic carbocycles. The maximum Gasteiger partial charge on any atom is 0.270 e. The number of rotatable bonds is 9. The van der Waals surface area contributed by atoms with Crippen LogP contribution in [0.1, 0.15) is 41.6 Å². The van der Waals surface area contributed by atoms with Gasteiger partial charge in [-0.25, -0.2) is 4.98 Å². The van der Waals surface area contributed by atoms with Crippen LogP contribution < -0.4 is 10.3 Å². The predicted molar refractivity (Wildman–Crippen MR) is 161 cm³/mol. The van der Waals surface area contributed by atoms with Crippen molar-refractivity contribution in [2.75, 3.05) is 6.61 Å². The molecule has 5 rings (SSSR count). The first-order chi connectivity index (χ1) is 20.3. The third kappa shape index (κ3) is 5.59. The minimum atomic E-state index is -0.754. The fourth-order valence-electron chi connectivity index (χ4n) is 4.83. The van der Waals surface area contributed by atoms with Crippen LogP contribution in [0.4, 0.5) is 5.69 Å². The number of carbonyl (C=O) groups excluding carboxylic acids is 1. The highest BCUT2D eigenvalue weighted by Crippen LogP contribution is 2.31. The normalized spacial score (nSPS) is 11.7. The van der Waals surface area contributed by atoms with Crippen molar-refractivity contribution in [2.24, 2.45) is 0 Å². The quantitative estimate of drug-likeness (QED) is 0.140. The Morgan fingerprint density at radius 1 is 1.02 bits per heavy atom. The number of para-hydroxylation sites is 3. The number of nitro groups is 1. The number of carbonyl (C=O) groups is 1. The van der Waals surface area contributed by atoms with Gasteiger partial charge in [0.2, 0.25) is 0 Å². The number of ether oxygens (including phenoxy) is 1. The van der Waals surface area contributed by atoms with Crippen molar-refractivity contribution in [3.05, 3.63) is 140 Å². The summed E-state index contributed by atoms with van der Waals surface area (Å²) in [6.07, 6.45) is 0. The lowest BCUT2D eigenvalue weighted by molar-refractivity contribution is -0.384. The van der Waals surface area contributed by atoms with E-state index in [2.05, 4.69) is 0 Å². The van der Waals surface area contributed by atoms with Gasteiger partial charge in [-0.15, -0.1) is 0 Å². The van der Waals surface area contributed by atoms with Crippen LogP contribution in [0.15, 0.2) is 102 Å². The molecule has 1 unspecified atom stereocenters. The van der Waals surface area contributed by atoms with Crippen molar-refractivity contribution in [3.8, 4) is 11.4 Å². The van der Waals surface area contributed by atoms with Gasteiger partial charge in [0.05, 0.1) is 44.7 Å². The van der Waals surface area contributed by atoms with Crippen molar-refractivity contribution < 1.29 is 14.5 Å². The zero-order valence-corrected chi connectivity index (χ0v) is 23.7. The number of fused-ring (bicyclic) bond motifs is 1. The van der Waals surface area contributed by atoms with E-state index in [9.17, 15) is 19.7 Å². The summed E-state index contributed by atoms with van der Waals surface area (Å²) in [5.41, 5.74) is 1.36. The number of nitrogens with zero attached hydrogens (tertiary/aromatic N) is 4. The Hall–Kier alpha value is -5.02. The molecule has 1 atom stereocenters. The molecule has 0 aliphatic rings. The summed E-state index contributed by atoms with van der Waals surface area (Å²) < 4.78 is 7.36. The molecule has 0 saturated heterocycles. The second-order valence-corrected chi connectivity index (χ2v) is 9.95. The summed E-state index contributed by atoms with van der Waals surface area (Å²) in [6, 6.07) is 26.6. The van der Waals surface area contributed by atoms with Crippen molar-refractivity contribution in [3.63, 3.8) is 0 Å². The molecule has 1 aromatic heterocycles. The standard InChI is InChI=1S/C32H27ClN4O5/c1-3-42-29-16-10-9-15-28(29)36-30(34-27-14-8-7-13-25(27)32(36)39)21(2)35(20-22-11-5-4-6-12-22)31(38)24-18-17-23(37(40)41)19-26(24)33/h4-19,21H,3,20H2,1-2H3. The number of halogens is 1. The maximum atomic E-state index is 14.2. The van der Waals surface area contributed by atoms with Crippen LogP contribution in [-0.4, -0.2) is 31.9 Å². The molecule has 0 spiro atoms. The molecule has 0 fully saturated rings. The van der Waals surface area contributed by atoms with Crippen molar-refractivity contribution in [2.45, 2.75) is 26.4 Å². The minimum absolute atomic E-state index is 0.0509. The summed E-state index contributed by atoms with van der Waals surface area (Å²) in [5, 5.41) is 11.7. The molecule has 0 N–H and O–H groups in total. The van der Waals surface area contributed by atoms with Gasteiger partial charge >= 0.3 is 0 Å². The summed E-state index contributed by atoms with van der Waals surface area (Å²) >= 11 is 6.41. The molecule has 1 amide bonds. The second-order valence-electron chi connectivity index (χ2n) is 9.54. The fraction of sp³-hybridized carbons (Fsp3) is 0.156. The number of hydrogen-bond donors (Lipinski definition) is 0. The first kappa shape index (κ1) is 28.5. The zero-order chi connectivity index (χ0) is 29.8. The molecule has 4 aromatic carbocycles. The molecule has 42 heavy (non-hydrogen) atoms. The largest absolute Gasteiger partial charge is 0.492 e. The van der Waals surface area contributed by atoms with E-state index in [4.69, 9.17) is 21.3 Å². The van der Waals surface area contributed by atoms with Crippen LogP contribution in [-0.2, 0) is 6.54 Å². The molecular formula is C32H27ClN4O5. The Labute approximate surface area is 246 Å². The van der Waals surface area contributed by atoms with Crippen LogP contribution in [0, 0.1) is 10.1 Å². The SMILES string of the molecule is CCOc1ccccc1-n1c(C(C)N(Cc2ccccc2)C(=O)c2ccc([N+](=O)[O-])cc2Cl)nc2ccccc2c1=O. The lowest BCUT2D eigenvalue weighted by Crippen LogP contribution is -2.37. The van der Waals surface area contributed by atoms with Gasteiger partial charge in [-0.1, -0.05) is 66.2 Å². The zero-order valence-electron chi connectivity index (χ0n) is 22.9. The van der Waals surface area contributed by atoms with E-state index in [1.165, 1.54) is 16.7 Å². The van der Waals surface area contributed by atoms with E-state index in [1.807, 2.05) is 43.3 Å². The van der Waals surface area contributed by atoms with Gasteiger partial charge in [-0.3, -0.25) is 24.3 Å². The fourth-order valence-corrected chi connectivity index (χ4v) is 5.09. The van der Waals surface area contributed by atoms with Gasteiger partial charge in [0.15, 0.2) is 0 Å². The van der Waals surface area contributed by atoms with E-state index in [0.717, 1.165) is 11.6 Å². The van der Waals surface area contributed by atoms with Crippen molar-refractivity contribution >= 4 is 34.1 Å². The Morgan fingerprint density at radius 2 is 1.71 bits per heavy atom. The topological polar surface area (TPSA) is 108 Å². The molecule has 5 aromatic rings. The van der Waals surface area contributed by atoms with Crippen LogP contribution in [0.5, 0.6) is 5.75 Å². The smallest absolute Gasteiger partial charge is 0.270 e. The number of non-ortho nitro benzene ring substituents is 1. The van der Waals surface area contributed by atoms with Gasteiger partial charge in [0, 0.05) is 18.7 Å². The summed E-state index contributed by atoms with van der Waals surface area (Å²) in [7, 11) is 0. The highest BCUT2D eigenvalue weighted by molar-refractivity contribution is 6.34. The highest BCUT2D eigenvalue weighted by Gasteiger charge is 2.30. The Balaban J connectivity index is 1.72. The molecule has 0 radical (unpaired) electrons. The van der Waals surface area contributed by atoms with E-state index in [0.29, 0.717) is 34.8 Å². The van der Waals surface area contributed by atoms with Crippen LogP contribution in [0.3, 0.4) is 0 Å². The molecule has 1 heterocycles. The monoisotopic (exact) mass is 582 g/mol. The third-order valence-corrected chi connectivity index (χ3v) is 7.21. The molecular weight excluding hydrogens is 556 g/mol. The van der Waals surface area contributed by atoms with Crippen molar-refractivity contribution in [1.29, 1.82) is 0 Å². The van der Waals surface area contributed by atoms with Crippen LogP contribution in [0.25, 0.3) is 16.6 Å². The van der Waals surface area contributed by atoms with Crippen LogP contribution in [0.2, 0.25) is 5.02 Å². The summed E-state index contributed by atoms with van der Waals surface area (Å²) in [4.78, 5) is 45.4. The van der Waals surface area contributed by atoms with E-state index < -0.39 is 16.9 Å². The third-order valence-electron chi connectivity index (χ3n) is 6.90. The minimum Gasteiger partial charge on any atom is -0.492 e. The first-order valence-corrected chi connectivity index (χ1v) is 13.7. The Kier molecular flexibility index (Phi) is 8.31. The van der Waals surface area contributed by atoms with Gasteiger partial charge in [-0.05, 0) is 49.7 Å². The Bertz CT molecular complexity index is 1840. The van der Waals surface area contributed by atoms with Crippen LogP contribution >= 0.6 is 11.6 Å². The lowest BCUT2D eigenvalue weighted by atomic mass is 10.1. The molecule has 0 saturated carbocycles. The van der Waals surface area contributed by atoms with E-state index in [1.54, 1.807) is 54.3 Å². The Morgan fingerprint density at radius 3 is 2.43 bits per heavy atom. The van der Waals surface area contributed by atoms with Gasteiger partial charge < -0.3 is 9.64 Å². The van der Waals surface area contributed by atoms with Crippen molar-refractivity contribution in [1.82, 2.24) is 14.5 Å². The molecule has 0 bridgehead atoms. The number of benzene rings is 4. The summed E-state index contributed by atoms with van der Waals surface area (Å²) in [6.45, 7) is 4.19. The van der Waals surface area contributed by atoms with Gasteiger partial charge in [-0.2, -0.15) is 0 Å². The predicted octanol–water partition coefficient (Wildman–Crippen LogP) is 6.75. The van der Waals surface area contributed by atoms with Gasteiger partial charge in [0.1, 0.15) is 11.6 Å². The number of hydrogen-bond acceptors (Lipinski definition) is 6. The first-order valence-electron chi connectivity index (χ1n) is 13.3. The highest BCUT2D eigenvalue weighted by atomic mass is 35.5. The second kappa shape index (κ2) is 12.2. The summed E-state index contributed by atoms with van der Waals surface area (Å²) in [5.74, 6) is 0.332. The van der Waals surface area contributed by atoms with Gasteiger partial charge in [0.25, 0.3) is 17.2 Å². The lowest BCUT2D eigenvalue weighted by Gasteiger charge is -2.31.